The first-order valence-electron chi connectivity index (χ1n) is 9.22. The minimum absolute atomic E-state index is 0.369. The predicted octanol–water partition coefficient (Wildman–Crippen LogP) is 3.48. The number of nitrogens with two attached hydrogens (primary N) is 1. The lowest BCUT2D eigenvalue weighted by Gasteiger charge is -2.33. The summed E-state index contributed by atoms with van der Waals surface area (Å²) in [4.78, 5) is 4.81. The smallest absolute Gasteiger partial charge is 0.0244 e. The molecule has 3 heteroatoms. The molecule has 0 aromatic heterocycles. The highest BCUT2D eigenvalue weighted by Gasteiger charge is 2.21. The van der Waals surface area contributed by atoms with E-state index in [9.17, 15) is 0 Å². The zero-order valence-electron chi connectivity index (χ0n) is 14.8. The van der Waals surface area contributed by atoms with Crippen LogP contribution in [0.5, 0.6) is 0 Å². The van der Waals surface area contributed by atoms with Crippen LogP contribution in [0.3, 0.4) is 0 Å². The summed E-state index contributed by atoms with van der Waals surface area (Å²) in [5.74, 6) is 0. The second-order valence-electron chi connectivity index (χ2n) is 7.27. The molecular formula is C18H39N3. The molecule has 0 aliphatic heterocycles. The molecule has 2 unspecified atom stereocenters. The molecule has 2 N–H and O–H groups in total. The van der Waals surface area contributed by atoms with Crippen LogP contribution in [0.25, 0.3) is 0 Å². The molecule has 0 aromatic rings. The Labute approximate surface area is 133 Å². The molecular weight excluding hydrogens is 258 g/mol. The van der Waals surface area contributed by atoms with Gasteiger partial charge in [-0.2, -0.15) is 0 Å². The molecule has 21 heavy (non-hydrogen) atoms. The van der Waals surface area contributed by atoms with Crippen LogP contribution in [0.15, 0.2) is 0 Å². The Morgan fingerprint density at radius 2 is 1.29 bits per heavy atom. The molecule has 126 valence electrons. The van der Waals surface area contributed by atoms with E-state index < -0.39 is 0 Å². The number of nitrogens with zero attached hydrogens (tertiary/aromatic N) is 2. The van der Waals surface area contributed by atoms with Crippen LogP contribution in [0.4, 0.5) is 0 Å². The maximum Gasteiger partial charge on any atom is 0.0244 e. The number of hydrogen-bond acceptors (Lipinski definition) is 3. The highest BCUT2D eigenvalue weighted by Crippen LogP contribution is 2.19. The fourth-order valence-electron chi connectivity index (χ4n) is 3.55. The van der Waals surface area contributed by atoms with Crippen LogP contribution >= 0.6 is 0 Å². The Balaban J connectivity index is 2.42. The molecule has 0 amide bonds. The zero-order valence-corrected chi connectivity index (χ0v) is 14.8. The van der Waals surface area contributed by atoms with Gasteiger partial charge in [-0.25, -0.2) is 0 Å². The van der Waals surface area contributed by atoms with Gasteiger partial charge >= 0.3 is 0 Å². The SMILES string of the molecule is CN(C)CCCN(C)C1CCCCCCCCCCC1N. The summed E-state index contributed by atoms with van der Waals surface area (Å²) in [7, 11) is 6.59. The van der Waals surface area contributed by atoms with Crippen molar-refractivity contribution >= 4 is 0 Å². The van der Waals surface area contributed by atoms with E-state index >= 15 is 0 Å². The van der Waals surface area contributed by atoms with Crippen LogP contribution in [-0.2, 0) is 0 Å². The quantitative estimate of drug-likeness (QED) is 0.843. The first-order valence-corrected chi connectivity index (χ1v) is 9.22. The van der Waals surface area contributed by atoms with Gasteiger partial charge in [0.25, 0.3) is 0 Å². The summed E-state index contributed by atoms with van der Waals surface area (Å²) >= 11 is 0. The van der Waals surface area contributed by atoms with Crippen molar-refractivity contribution in [1.29, 1.82) is 0 Å². The summed E-state index contributed by atoms with van der Waals surface area (Å²) < 4.78 is 0. The molecule has 1 fully saturated rings. The molecule has 1 saturated carbocycles. The third-order valence-electron chi connectivity index (χ3n) is 4.96. The molecule has 0 saturated heterocycles. The lowest BCUT2D eigenvalue weighted by atomic mass is 9.93. The van der Waals surface area contributed by atoms with Gasteiger partial charge in [-0.3, -0.25) is 0 Å². The third-order valence-corrected chi connectivity index (χ3v) is 4.96. The Morgan fingerprint density at radius 3 is 1.86 bits per heavy atom. The average Bonchev–Trinajstić information content (AvgIpc) is 2.42. The minimum Gasteiger partial charge on any atom is -0.326 e. The topological polar surface area (TPSA) is 32.5 Å². The summed E-state index contributed by atoms with van der Waals surface area (Å²) in [5, 5.41) is 0. The largest absolute Gasteiger partial charge is 0.326 e. The normalized spacial score (nSPS) is 26.6. The van der Waals surface area contributed by atoms with Crippen molar-refractivity contribution in [3.8, 4) is 0 Å². The lowest BCUT2D eigenvalue weighted by molar-refractivity contribution is 0.180. The number of rotatable bonds is 5. The van der Waals surface area contributed by atoms with Crippen molar-refractivity contribution in [3.05, 3.63) is 0 Å². The van der Waals surface area contributed by atoms with Crippen LogP contribution < -0.4 is 5.73 Å². The van der Waals surface area contributed by atoms with Crippen molar-refractivity contribution in [3.63, 3.8) is 0 Å². The van der Waals surface area contributed by atoms with Crippen molar-refractivity contribution < 1.29 is 0 Å². The van der Waals surface area contributed by atoms with Gasteiger partial charge in [0, 0.05) is 12.1 Å². The summed E-state index contributed by atoms with van der Waals surface area (Å²) in [5.41, 5.74) is 6.54. The Kier molecular flexibility index (Phi) is 10.3. The van der Waals surface area contributed by atoms with Crippen molar-refractivity contribution in [2.75, 3.05) is 34.2 Å². The molecule has 3 nitrogen and oxygen atoms in total. The van der Waals surface area contributed by atoms with Crippen LogP contribution in [0.1, 0.15) is 70.6 Å². The second kappa shape index (κ2) is 11.4. The zero-order chi connectivity index (χ0) is 15.5. The van der Waals surface area contributed by atoms with E-state index in [4.69, 9.17) is 5.73 Å². The fourth-order valence-corrected chi connectivity index (χ4v) is 3.55. The van der Waals surface area contributed by atoms with Gasteiger partial charge in [0.1, 0.15) is 0 Å². The summed E-state index contributed by atoms with van der Waals surface area (Å²) in [6.07, 6.45) is 14.9. The molecule has 1 rings (SSSR count). The highest BCUT2D eigenvalue weighted by atomic mass is 15.1. The first-order chi connectivity index (χ1) is 10.1. The van der Waals surface area contributed by atoms with E-state index in [0.717, 1.165) is 0 Å². The molecule has 0 spiro atoms. The van der Waals surface area contributed by atoms with E-state index in [1.54, 1.807) is 0 Å². The molecule has 0 heterocycles. The second-order valence-corrected chi connectivity index (χ2v) is 7.27. The van der Waals surface area contributed by atoms with Gasteiger partial charge < -0.3 is 15.5 Å². The van der Waals surface area contributed by atoms with Gasteiger partial charge in [-0.15, -0.1) is 0 Å². The summed E-state index contributed by atoms with van der Waals surface area (Å²) in [6, 6.07) is 0.959. The number of likely N-dealkylation sites (N-methyl/N-ethyl adjacent to an activating group) is 1. The van der Waals surface area contributed by atoms with E-state index in [1.807, 2.05) is 0 Å². The van der Waals surface area contributed by atoms with Gasteiger partial charge in [-0.1, -0.05) is 51.4 Å². The van der Waals surface area contributed by atoms with Crippen LogP contribution in [0.2, 0.25) is 0 Å². The van der Waals surface area contributed by atoms with Crippen molar-refractivity contribution in [2.24, 2.45) is 5.73 Å². The summed E-state index contributed by atoms with van der Waals surface area (Å²) in [6.45, 7) is 2.35. The Hall–Kier alpha value is -0.120. The molecule has 0 radical (unpaired) electrons. The minimum atomic E-state index is 0.369. The van der Waals surface area contributed by atoms with Crippen molar-refractivity contribution in [1.82, 2.24) is 9.80 Å². The van der Waals surface area contributed by atoms with Crippen LogP contribution in [-0.4, -0.2) is 56.1 Å². The molecule has 2 atom stereocenters. The molecule has 1 aliphatic carbocycles. The van der Waals surface area contributed by atoms with Crippen molar-refractivity contribution in [2.45, 2.75) is 82.7 Å². The third kappa shape index (κ3) is 8.80. The van der Waals surface area contributed by atoms with Crippen LogP contribution in [0, 0.1) is 0 Å². The maximum atomic E-state index is 6.54. The predicted molar refractivity (Wildman–Crippen MR) is 93.7 cm³/mol. The number of hydrogen-bond donors (Lipinski definition) is 1. The molecule has 0 aromatic carbocycles. The van der Waals surface area contributed by atoms with E-state index in [0.29, 0.717) is 12.1 Å². The van der Waals surface area contributed by atoms with E-state index in [-0.39, 0.29) is 0 Å². The molecule has 0 bridgehead atoms. The fraction of sp³-hybridized carbons (Fsp3) is 1.00. The van der Waals surface area contributed by atoms with Gasteiger partial charge in [-0.05, 0) is 53.5 Å². The van der Waals surface area contributed by atoms with E-state index in [1.165, 1.54) is 83.7 Å². The Bertz CT molecular complexity index is 243. The Morgan fingerprint density at radius 1 is 0.762 bits per heavy atom. The van der Waals surface area contributed by atoms with Gasteiger partial charge in [0.2, 0.25) is 0 Å². The molecule has 1 aliphatic rings. The monoisotopic (exact) mass is 297 g/mol. The standard InChI is InChI=1S/C18H39N3/c1-20(2)15-12-16-21(3)18-14-11-9-7-5-4-6-8-10-13-17(18)19/h17-18H,4-16,19H2,1-3H3. The highest BCUT2D eigenvalue weighted by molar-refractivity contribution is 4.81. The first kappa shape index (κ1) is 18.9. The van der Waals surface area contributed by atoms with E-state index in [2.05, 4.69) is 30.9 Å². The van der Waals surface area contributed by atoms with Gasteiger partial charge in [0.15, 0.2) is 0 Å². The van der Waals surface area contributed by atoms with Gasteiger partial charge in [0.05, 0.1) is 0 Å². The maximum absolute atomic E-state index is 6.54. The lowest BCUT2D eigenvalue weighted by Crippen LogP contribution is -2.46. The average molecular weight is 298 g/mol.